The number of aryl methyl sites for hydroxylation is 1. The number of ether oxygens (including phenoxy) is 1. The number of nitrogens with two attached hydrogens (primary N) is 1. The minimum atomic E-state index is 0.130. The van der Waals surface area contributed by atoms with Crippen molar-refractivity contribution in [2.75, 3.05) is 26.7 Å². The van der Waals surface area contributed by atoms with Crippen molar-refractivity contribution in [2.24, 2.45) is 5.73 Å². The summed E-state index contributed by atoms with van der Waals surface area (Å²) in [7, 11) is 1.74. The molecule has 0 saturated carbocycles. The zero-order chi connectivity index (χ0) is 15.3. The van der Waals surface area contributed by atoms with Crippen LogP contribution in [0.5, 0.6) is 5.75 Å². The molecule has 0 aromatic heterocycles. The molecule has 2 N–H and O–H groups in total. The van der Waals surface area contributed by atoms with Crippen LogP contribution < -0.4 is 10.5 Å². The highest BCUT2D eigenvalue weighted by Gasteiger charge is 2.38. The van der Waals surface area contributed by atoms with Gasteiger partial charge in [0, 0.05) is 12.1 Å². The van der Waals surface area contributed by atoms with Crippen molar-refractivity contribution < 1.29 is 4.74 Å². The van der Waals surface area contributed by atoms with Gasteiger partial charge in [-0.25, -0.2) is 0 Å². The predicted molar refractivity (Wildman–Crippen MR) is 89.0 cm³/mol. The summed E-state index contributed by atoms with van der Waals surface area (Å²) in [5, 5.41) is 0. The number of benzene rings is 1. The summed E-state index contributed by atoms with van der Waals surface area (Å²) in [6.07, 6.45) is 5.72. The molecule has 21 heavy (non-hydrogen) atoms. The summed E-state index contributed by atoms with van der Waals surface area (Å²) >= 11 is 0. The quantitative estimate of drug-likeness (QED) is 0.839. The van der Waals surface area contributed by atoms with Gasteiger partial charge in [0.1, 0.15) is 5.75 Å². The summed E-state index contributed by atoms with van der Waals surface area (Å²) in [4.78, 5) is 2.63. The lowest BCUT2D eigenvalue weighted by Gasteiger charge is -2.46. The van der Waals surface area contributed by atoms with Gasteiger partial charge in [-0.15, -0.1) is 0 Å². The Morgan fingerprint density at radius 3 is 2.48 bits per heavy atom. The Hall–Kier alpha value is -1.06. The van der Waals surface area contributed by atoms with Gasteiger partial charge in [0.15, 0.2) is 0 Å². The molecule has 118 valence electrons. The molecule has 0 fully saturated rings. The zero-order valence-corrected chi connectivity index (χ0v) is 13.8. The highest BCUT2D eigenvalue weighted by molar-refractivity contribution is 5.39. The Bertz CT molecular complexity index is 455. The molecule has 1 atom stereocenters. The minimum absolute atomic E-state index is 0.130. The van der Waals surface area contributed by atoms with Crippen molar-refractivity contribution >= 4 is 0 Å². The Morgan fingerprint density at radius 2 is 1.90 bits per heavy atom. The van der Waals surface area contributed by atoms with Gasteiger partial charge >= 0.3 is 0 Å². The molecule has 0 aliphatic heterocycles. The lowest BCUT2D eigenvalue weighted by Crippen LogP contribution is -2.57. The molecule has 1 unspecified atom stereocenters. The molecule has 0 spiro atoms. The van der Waals surface area contributed by atoms with Gasteiger partial charge in [-0.1, -0.05) is 19.9 Å². The fourth-order valence-corrected chi connectivity index (χ4v) is 3.65. The van der Waals surface area contributed by atoms with E-state index in [4.69, 9.17) is 10.5 Å². The number of nitrogens with zero attached hydrogens (tertiary/aromatic N) is 1. The van der Waals surface area contributed by atoms with Crippen molar-refractivity contribution in [1.82, 2.24) is 4.90 Å². The van der Waals surface area contributed by atoms with Gasteiger partial charge in [-0.3, -0.25) is 4.90 Å². The van der Waals surface area contributed by atoms with E-state index < -0.39 is 0 Å². The number of methoxy groups -OCH3 is 1. The summed E-state index contributed by atoms with van der Waals surface area (Å²) in [5.41, 5.74) is 9.27. The van der Waals surface area contributed by atoms with E-state index >= 15 is 0 Å². The third-order valence-corrected chi connectivity index (χ3v) is 4.83. The van der Waals surface area contributed by atoms with Crippen LogP contribution in [0.1, 0.15) is 44.2 Å². The highest BCUT2D eigenvalue weighted by atomic mass is 16.5. The molecule has 2 rings (SSSR count). The summed E-state index contributed by atoms with van der Waals surface area (Å²) in [5.74, 6) is 0.958. The Labute approximate surface area is 129 Å². The zero-order valence-electron chi connectivity index (χ0n) is 13.8. The topological polar surface area (TPSA) is 38.5 Å². The second kappa shape index (κ2) is 7.28. The first-order valence-corrected chi connectivity index (χ1v) is 8.30. The molecule has 1 aromatic carbocycles. The average Bonchev–Trinajstić information content (AvgIpc) is 2.53. The summed E-state index contributed by atoms with van der Waals surface area (Å²) in [6, 6.07) is 6.50. The van der Waals surface area contributed by atoms with E-state index in [9.17, 15) is 0 Å². The van der Waals surface area contributed by atoms with E-state index in [0.717, 1.165) is 38.2 Å². The molecule has 0 radical (unpaired) electrons. The second-order valence-corrected chi connectivity index (χ2v) is 6.23. The Morgan fingerprint density at radius 1 is 1.19 bits per heavy atom. The van der Waals surface area contributed by atoms with Crippen molar-refractivity contribution in [1.29, 1.82) is 0 Å². The lowest BCUT2D eigenvalue weighted by molar-refractivity contribution is 0.0788. The van der Waals surface area contributed by atoms with Gasteiger partial charge in [0.05, 0.1) is 7.11 Å². The van der Waals surface area contributed by atoms with Crippen LogP contribution >= 0.6 is 0 Å². The monoisotopic (exact) mass is 290 g/mol. The van der Waals surface area contributed by atoms with Crippen LogP contribution in [0, 0.1) is 0 Å². The standard InChI is InChI=1S/C18H30N2O/c1-4-10-20(11-5-2)18(14-19)9-8-15-6-7-17(21-3)12-16(15)13-18/h6-7,12H,4-5,8-11,13-14,19H2,1-3H3. The number of hydrogen-bond acceptors (Lipinski definition) is 3. The fraction of sp³-hybridized carbons (Fsp3) is 0.667. The minimum Gasteiger partial charge on any atom is -0.497 e. The average molecular weight is 290 g/mol. The molecule has 0 amide bonds. The molecule has 3 nitrogen and oxygen atoms in total. The Kier molecular flexibility index (Phi) is 5.65. The Balaban J connectivity index is 2.28. The maximum Gasteiger partial charge on any atom is 0.119 e. The first kappa shape index (κ1) is 16.3. The van der Waals surface area contributed by atoms with Crippen LogP contribution in [0.3, 0.4) is 0 Å². The van der Waals surface area contributed by atoms with Gasteiger partial charge in [-0.2, -0.15) is 0 Å². The van der Waals surface area contributed by atoms with E-state index in [0.29, 0.717) is 0 Å². The maximum atomic E-state index is 6.25. The van der Waals surface area contributed by atoms with Gasteiger partial charge in [-0.05, 0) is 68.5 Å². The van der Waals surface area contributed by atoms with Crippen LogP contribution in [-0.2, 0) is 12.8 Å². The molecule has 0 bridgehead atoms. The SMILES string of the molecule is CCCN(CCC)C1(CN)CCc2ccc(OC)cc2C1. The van der Waals surface area contributed by atoms with E-state index in [-0.39, 0.29) is 5.54 Å². The van der Waals surface area contributed by atoms with Crippen molar-refractivity contribution in [3.63, 3.8) is 0 Å². The summed E-state index contributed by atoms with van der Waals surface area (Å²) < 4.78 is 5.39. The van der Waals surface area contributed by atoms with Gasteiger partial charge in [0.2, 0.25) is 0 Å². The smallest absolute Gasteiger partial charge is 0.119 e. The van der Waals surface area contributed by atoms with Gasteiger partial charge in [0.25, 0.3) is 0 Å². The third kappa shape index (κ3) is 3.41. The predicted octanol–water partition coefficient (Wildman–Crippen LogP) is 3.00. The number of fused-ring (bicyclic) bond motifs is 1. The lowest BCUT2D eigenvalue weighted by atomic mass is 9.76. The first-order valence-electron chi connectivity index (χ1n) is 8.30. The highest BCUT2D eigenvalue weighted by Crippen LogP contribution is 2.34. The normalized spacial score (nSPS) is 21.4. The van der Waals surface area contributed by atoms with E-state index in [1.807, 2.05) is 0 Å². The van der Waals surface area contributed by atoms with Crippen molar-refractivity contribution in [3.8, 4) is 5.75 Å². The van der Waals surface area contributed by atoms with E-state index in [1.165, 1.54) is 30.4 Å². The van der Waals surface area contributed by atoms with Crippen LogP contribution in [0.4, 0.5) is 0 Å². The van der Waals surface area contributed by atoms with Crippen LogP contribution in [-0.4, -0.2) is 37.2 Å². The van der Waals surface area contributed by atoms with E-state index in [2.05, 4.69) is 36.9 Å². The maximum absolute atomic E-state index is 6.25. The van der Waals surface area contributed by atoms with Crippen LogP contribution in [0.2, 0.25) is 0 Å². The largest absolute Gasteiger partial charge is 0.497 e. The molecular weight excluding hydrogens is 260 g/mol. The molecular formula is C18H30N2O. The molecule has 1 aliphatic rings. The summed E-state index contributed by atoms with van der Waals surface area (Å²) in [6.45, 7) is 7.54. The third-order valence-electron chi connectivity index (χ3n) is 4.83. The second-order valence-electron chi connectivity index (χ2n) is 6.23. The van der Waals surface area contributed by atoms with Crippen LogP contribution in [0.15, 0.2) is 18.2 Å². The molecule has 0 saturated heterocycles. The van der Waals surface area contributed by atoms with Gasteiger partial charge < -0.3 is 10.5 Å². The molecule has 1 aliphatic carbocycles. The molecule has 3 heteroatoms. The number of hydrogen-bond donors (Lipinski definition) is 1. The van der Waals surface area contributed by atoms with Crippen molar-refractivity contribution in [3.05, 3.63) is 29.3 Å². The van der Waals surface area contributed by atoms with E-state index in [1.54, 1.807) is 7.11 Å². The molecule has 0 heterocycles. The first-order chi connectivity index (χ1) is 10.2. The fourth-order valence-electron chi connectivity index (χ4n) is 3.65. The van der Waals surface area contributed by atoms with Crippen molar-refractivity contribution in [2.45, 2.75) is 51.5 Å². The number of rotatable bonds is 7. The van der Waals surface area contributed by atoms with Crippen LogP contribution in [0.25, 0.3) is 0 Å². The molecule has 1 aromatic rings.